The van der Waals surface area contributed by atoms with Gasteiger partial charge in [0.15, 0.2) is 0 Å². The highest BCUT2D eigenvalue weighted by atomic mass is 16.4. The summed E-state index contributed by atoms with van der Waals surface area (Å²) in [7, 11) is 0. The summed E-state index contributed by atoms with van der Waals surface area (Å²) in [5.74, 6) is 4.15. The van der Waals surface area contributed by atoms with Crippen molar-refractivity contribution >= 4 is 5.97 Å². The van der Waals surface area contributed by atoms with Crippen LogP contribution in [0.5, 0.6) is 0 Å². The molecule has 7 atom stereocenters. The minimum Gasteiger partial charge on any atom is -0.481 e. The molecule has 2 heteroatoms. The summed E-state index contributed by atoms with van der Waals surface area (Å²) in [5, 5.41) is 9.34. The van der Waals surface area contributed by atoms with E-state index in [4.69, 9.17) is 0 Å². The van der Waals surface area contributed by atoms with Crippen LogP contribution in [0.3, 0.4) is 0 Å². The number of rotatable bonds is 1. The van der Waals surface area contributed by atoms with Crippen LogP contribution in [0.4, 0.5) is 0 Å². The molecule has 1 N–H and O–H groups in total. The summed E-state index contributed by atoms with van der Waals surface area (Å²) in [6, 6.07) is 0. The summed E-state index contributed by atoms with van der Waals surface area (Å²) in [5.41, 5.74) is 0. The summed E-state index contributed by atoms with van der Waals surface area (Å²) in [6.45, 7) is 0. The maximum atomic E-state index is 11.3. The Morgan fingerprint density at radius 3 is 1.93 bits per heavy atom. The molecule has 0 heterocycles. The molecule has 4 aliphatic carbocycles. The van der Waals surface area contributed by atoms with Crippen LogP contribution in [-0.4, -0.2) is 11.1 Å². The van der Waals surface area contributed by atoms with E-state index in [9.17, 15) is 9.90 Å². The molecule has 0 aromatic rings. The van der Waals surface area contributed by atoms with Gasteiger partial charge in [-0.3, -0.25) is 4.79 Å². The fraction of sp³-hybridized carbons (Fsp3) is 0.923. The fourth-order valence-electron chi connectivity index (χ4n) is 5.94. The molecular weight excluding hydrogens is 188 g/mol. The number of carboxylic acid groups (broad SMARTS) is 1. The van der Waals surface area contributed by atoms with Crippen LogP contribution in [0.25, 0.3) is 0 Å². The number of hydrogen-bond acceptors (Lipinski definition) is 1. The summed E-state index contributed by atoms with van der Waals surface area (Å²) in [4.78, 5) is 11.3. The number of fused-ring (bicyclic) bond motifs is 9. The van der Waals surface area contributed by atoms with Gasteiger partial charge in [0.25, 0.3) is 0 Å². The first-order valence-electron chi connectivity index (χ1n) is 6.50. The van der Waals surface area contributed by atoms with E-state index in [1.54, 1.807) is 0 Å². The van der Waals surface area contributed by atoms with E-state index >= 15 is 0 Å². The molecule has 2 nitrogen and oxygen atoms in total. The van der Waals surface area contributed by atoms with Crippen molar-refractivity contribution in [2.24, 2.45) is 41.4 Å². The second kappa shape index (κ2) is 2.58. The zero-order valence-corrected chi connectivity index (χ0v) is 8.93. The van der Waals surface area contributed by atoms with E-state index in [1.807, 2.05) is 0 Å². The normalized spacial score (nSPS) is 59.9. The first-order valence-corrected chi connectivity index (χ1v) is 6.50. The van der Waals surface area contributed by atoms with Gasteiger partial charge < -0.3 is 5.11 Å². The van der Waals surface area contributed by atoms with Gasteiger partial charge in [0.05, 0.1) is 5.92 Å². The third-order valence-corrected chi connectivity index (χ3v) is 6.08. The summed E-state index contributed by atoms with van der Waals surface area (Å²) >= 11 is 0. The summed E-state index contributed by atoms with van der Waals surface area (Å²) < 4.78 is 0. The van der Waals surface area contributed by atoms with Crippen LogP contribution in [0, 0.1) is 41.4 Å². The lowest BCUT2D eigenvalue weighted by Crippen LogP contribution is -2.27. The van der Waals surface area contributed by atoms with E-state index in [-0.39, 0.29) is 5.92 Å². The monoisotopic (exact) mass is 206 g/mol. The van der Waals surface area contributed by atoms with Gasteiger partial charge in [-0.15, -0.1) is 0 Å². The molecule has 0 aliphatic heterocycles. The third-order valence-electron chi connectivity index (χ3n) is 6.08. The Morgan fingerprint density at radius 2 is 1.47 bits per heavy atom. The van der Waals surface area contributed by atoms with Gasteiger partial charge in [0.2, 0.25) is 0 Å². The molecular formula is C13H18O2. The quantitative estimate of drug-likeness (QED) is 0.669. The zero-order valence-electron chi connectivity index (χ0n) is 8.93. The zero-order chi connectivity index (χ0) is 10.2. The van der Waals surface area contributed by atoms with E-state index in [2.05, 4.69) is 0 Å². The van der Waals surface area contributed by atoms with Crippen LogP contribution in [0.15, 0.2) is 0 Å². The molecule has 0 aromatic heterocycles. The largest absolute Gasteiger partial charge is 0.481 e. The Bertz CT molecular complexity index is 300. The number of carbonyl (C=O) groups is 1. The first-order chi connectivity index (χ1) is 7.27. The molecule has 82 valence electrons. The Hall–Kier alpha value is -0.530. The summed E-state index contributed by atoms with van der Waals surface area (Å²) in [6.07, 6.45) is 6.68. The lowest BCUT2D eigenvalue weighted by atomic mass is 9.71. The molecule has 4 rings (SSSR count). The van der Waals surface area contributed by atoms with Crippen LogP contribution >= 0.6 is 0 Å². The van der Waals surface area contributed by atoms with Gasteiger partial charge in [0, 0.05) is 0 Å². The number of hydrogen-bond donors (Lipinski definition) is 1. The second-order valence-electron chi connectivity index (χ2n) is 6.26. The van der Waals surface area contributed by atoms with Crippen LogP contribution in [0.2, 0.25) is 0 Å². The molecule has 0 spiro atoms. The third kappa shape index (κ3) is 0.857. The van der Waals surface area contributed by atoms with Gasteiger partial charge in [-0.25, -0.2) is 0 Å². The molecule has 4 saturated carbocycles. The van der Waals surface area contributed by atoms with Crippen molar-refractivity contribution in [2.75, 3.05) is 0 Å². The Labute approximate surface area is 90.1 Å². The van der Waals surface area contributed by atoms with Crippen molar-refractivity contribution in [2.45, 2.75) is 32.1 Å². The smallest absolute Gasteiger partial charge is 0.307 e. The predicted octanol–water partition coefficient (Wildman–Crippen LogP) is 2.39. The van der Waals surface area contributed by atoms with Gasteiger partial charge >= 0.3 is 5.97 Å². The second-order valence-corrected chi connectivity index (χ2v) is 6.26. The van der Waals surface area contributed by atoms with Crippen molar-refractivity contribution in [3.8, 4) is 0 Å². The molecule has 4 aliphatic rings. The van der Waals surface area contributed by atoms with Crippen molar-refractivity contribution in [3.63, 3.8) is 0 Å². The average molecular weight is 206 g/mol. The average Bonchev–Trinajstić information content (AvgIpc) is 2.95. The minimum atomic E-state index is -0.490. The molecule has 0 radical (unpaired) electrons. The Morgan fingerprint density at radius 1 is 0.933 bits per heavy atom. The van der Waals surface area contributed by atoms with Crippen molar-refractivity contribution < 1.29 is 9.90 Å². The van der Waals surface area contributed by atoms with E-state index in [0.717, 1.165) is 23.7 Å². The Balaban J connectivity index is 1.74. The minimum absolute atomic E-state index is 0.0448. The van der Waals surface area contributed by atoms with E-state index in [1.165, 1.54) is 32.1 Å². The lowest BCUT2D eigenvalue weighted by molar-refractivity contribution is -0.143. The van der Waals surface area contributed by atoms with Crippen molar-refractivity contribution in [3.05, 3.63) is 0 Å². The highest BCUT2D eigenvalue weighted by Crippen LogP contribution is 2.69. The van der Waals surface area contributed by atoms with Crippen molar-refractivity contribution in [1.29, 1.82) is 0 Å². The molecule has 0 saturated heterocycles. The van der Waals surface area contributed by atoms with Gasteiger partial charge in [-0.05, 0) is 67.6 Å². The standard InChI is InChI=1S/C13H18O2/c14-13(15)12-8-3-4-9(12)11-7-2-1-6(5-7)10(8)11/h6-12H,1-5H2,(H,14,15)/t6?,7?,8-,9?,10?,11?,12?/m0/s1. The van der Waals surface area contributed by atoms with Crippen LogP contribution < -0.4 is 0 Å². The van der Waals surface area contributed by atoms with E-state index < -0.39 is 5.97 Å². The maximum absolute atomic E-state index is 11.3. The lowest BCUT2D eigenvalue weighted by Gasteiger charge is -2.34. The molecule has 0 amide bonds. The predicted molar refractivity (Wildman–Crippen MR) is 55.2 cm³/mol. The van der Waals surface area contributed by atoms with Crippen LogP contribution in [0.1, 0.15) is 32.1 Å². The molecule has 4 bridgehead atoms. The Kier molecular flexibility index (Phi) is 1.48. The molecule has 0 aromatic carbocycles. The fourth-order valence-corrected chi connectivity index (χ4v) is 5.94. The van der Waals surface area contributed by atoms with Crippen LogP contribution in [-0.2, 0) is 4.79 Å². The van der Waals surface area contributed by atoms with Gasteiger partial charge in [-0.1, -0.05) is 0 Å². The molecule has 6 unspecified atom stereocenters. The van der Waals surface area contributed by atoms with E-state index in [0.29, 0.717) is 11.8 Å². The SMILES string of the molecule is O=C(O)C1C2CC[C@H]1C1C3CCC(C3)C21. The van der Waals surface area contributed by atoms with Gasteiger partial charge in [-0.2, -0.15) is 0 Å². The first kappa shape index (κ1) is 8.60. The van der Waals surface area contributed by atoms with Crippen molar-refractivity contribution in [1.82, 2.24) is 0 Å². The number of aliphatic carboxylic acids is 1. The molecule has 15 heavy (non-hydrogen) atoms. The highest BCUT2D eigenvalue weighted by molar-refractivity contribution is 5.72. The highest BCUT2D eigenvalue weighted by Gasteiger charge is 2.65. The van der Waals surface area contributed by atoms with Gasteiger partial charge in [0.1, 0.15) is 0 Å². The maximum Gasteiger partial charge on any atom is 0.307 e. The number of carboxylic acids is 1. The topological polar surface area (TPSA) is 37.3 Å². The molecule has 4 fully saturated rings.